The summed E-state index contributed by atoms with van der Waals surface area (Å²) in [6.45, 7) is 1.76. The highest BCUT2D eigenvalue weighted by Crippen LogP contribution is 2.24. The molecule has 0 radical (unpaired) electrons. The van der Waals surface area contributed by atoms with E-state index < -0.39 is 33.9 Å². The molecular formula is C15H19ClN2O5S. The summed E-state index contributed by atoms with van der Waals surface area (Å²) in [5.41, 5.74) is 0. The number of hydrogen-bond donors (Lipinski definition) is 1. The number of sulfone groups is 1. The zero-order valence-corrected chi connectivity index (χ0v) is 14.9. The van der Waals surface area contributed by atoms with Gasteiger partial charge in [0, 0.05) is 6.26 Å². The minimum absolute atomic E-state index is 0.0469. The van der Waals surface area contributed by atoms with E-state index in [1.54, 1.807) is 31.2 Å². The molecule has 1 saturated heterocycles. The molecular weight excluding hydrogens is 356 g/mol. The smallest absolute Gasteiger partial charge is 0.324 e. The Kier molecular flexibility index (Phi) is 5.71. The van der Waals surface area contributed by atoms with E-state index in [-0.39, 0.29) is 18.7 Å². The van der Waals surface area contributed by atoms with Gasteiger partial charge in [0.25, 0.3) is 5.91 Å². The fraction of sp³-hybridized carbons (Fsp3) is 0.467. The number of ether oxygens (including phenoxy) is 1. The average Bonchev–Trinajstić information content (AvgIpc) is 2.74. The lowest BCUT2D eigenvalue weighted by Gasteiger charge is -2.20. The number of hydrogen-bond acceptors (Lipinski definition) is 5. The van der Waals surface area contributed by atoms with E-state index in [0.29, 0.717) is 10.8 Å². The molecule has 0 aromatic heterocycles. The summed E-state index contributed by atoms with van der Waals surface area (Å²) >= 11 is 6.01. The maximum absolute atomic E-state index is 12.3. The Hall–Kier alpha value is -1.80. The third-order valence-electron chi connectivity index (χ3n) is 3.49. The number of rotatable bonds is 7. The Morgan fingerprint density at radius 2 is 2.00 bits per heavy atom. The van der Waals surface area contributed by atoms with Crippen LogP contribution in [0.1, 0.15) is 13.3 Å². The van der Waals surface area contributed by atoms with Gasteiger partial charge in [0.2, 0.25) is 0 Å². The largest absolute Gasteiger partial charge is 0.487 e. The van der Waals surface area contributed by atoms with Gasteiger partial charge in [-0.3, -0.25) is 9.69 Å². The van der Waals surface area contributed by atoms with Gasteiger partial charge >= 0.3 is 6.03 Å². The van der Waals surface area contributed by atoms with Gasteiger partial charge in [-0.2, -0.15) is 0 Å². The number of para-hydroxylation sites is 1. The highest BCUT2D eigenvalue weighted by molar-refractivity contribution is 7.90. The van der Waals surface area contributed by atoms with Crippen molar-refractivity contribution in [3.8, 4) is 5.75 Å². The summed E-state index contributed by atoms with van der Waals surface area (Å²) in [6.07, 6.45) is 0.679. The molecule has 1 fully saturated rings. The Balaban J connectivity index is 1.95. The Labute approximate surface area is 145 Å². The first-order valence-electron chi connectivity index (χ1n) is 7.38. The van der Waals surface area contributed by atoms with Crippen molar-refractivity contribution >= 4 is 33.4 Å². The lowest BCUT2D eigenvalue weighted by atomic mass is 10.2. The lowest BCUT2D eigenvalue weighted by molar-refractivity contribution is -0.128. The minimum atomic E-state index is -3.20. The highest BCUT2D eigenvalue weighted by atomic mass is 35.5. The van der Waals surface area contributed by atoms with Gasteiger partial charge in [-0.05, 0) is 25.5 Å². The number of benzene rings is 1. The second-order valence-electron chi connectivity index (χ2n) is 5.73. The van der Waals surface area contributed by atoms with Gasteiger partial charge < -0.3 is 10.1 Å². The third-order valence-corrected chi connectivity index (χ3v) is 4.78. The number of imide groups is 1. The van der Waals surface area contributed by atoms with Crippen LogP contribution in [0.2, 0.25) is 5.02 Å². The lowest BCUT2D eigenvalue weighted by Crippen LogP contribution is -2.39. The summed E-state index contributed by atoms with van der Waals surface area (Å²) < 4.78 is 28.1. The molecule has 2 atom stereocenters. The van der Waals surface area contributed by atoms with Crippen LogP contribution in [0.3, 0.4) is 0 Å². The molecule has 0 aliphatic carbocycles. The molecule has 1 heterocycles. The number of carbonyl (C=O) groups excluding carboxylic acids is 2. The molecule has 2 rings (SSSR count). The van der Waals surface area contributed by atoms with Crippen molar-refractivity contribution < 1.29 is 22.7 Å². The van der Waals surface area contributed by atoms with Crippen molar-refractivity contribution in [3.05, 3.63) is 29.3 Å². The minimum Gasteiger partial charge on any atom is -0.487 e. The van der Waals surface area contributed by atoms with Gasteiger partial charge in [0.15, 0.2) is 0 Å². The van der Waals surface area contributed by atoms with Crippen molar-refractivity contribution in [2.24, 2.45) is 0 Å². The number of nitrogens with zero attached hydrogens (tertiary/aromatic N) is 1. The zero-order chi connectivity index (χ0) is 17.9. The molecule has 0 bridgehead atoms. The molecule has 0 unspecified atom stereocenters. The third kappa shape index (κ3) is 4.85. The average molecular weight is 375 g/mol. The molecule has 24 heavy (non-hydrogen) atoms. The summed E-state index contributed by atoms with van der Waals surface area (Å²) in [5, 5.41) is 2.94. The standard InChI is InChI=1S/C15H19ClN2O5S/c1-10(23-13-6-4-3-5-11(13)16)9-18-14(19)12(17-15(18)20)7-8-24(2,21)22/h3-6,10,12H,7-9H2,1-2H3,(H,17,20)/t10-,12+/m0/s1. The number of carbonyl (C=O) groups is 2. The zero-order valence-electron chi connectivity index (χ0n) is 13.4. The second kappa shape index (κ2) is 7.40. The number of nitrogens with one attached hydrogen (secondary N) is 1. The van der Waals surface area contributed by atoms with E-state index in [9.17, 15) is 18.0 Å². The molecule has 0 saturated carbocycles. The molecule has 1 aromatic rings. The van der Waals surface area contributed by atoms with Gasteiger partial charge in [0.1, 0.15) is 27.7 Å². The van der Waals surface area contributed by atoms with E-state index in [1.165, 1.54) is 0 Å². The normalized spacial score (nSPS) is 19.3. The first-order valence-corrected chi connectivity index (χ1v) is 9.82. The fourth-order valence-electron chi connectivity index (χ4n) is 2.33. The van der Waals surface area contributed by atoms with Crippen molar-refractivity contribution in [2.75, 3.05) is 18.6 Å². The Morgan fingerprint density at radius 3 is 2.62 bits per heavy atom. The topological polar surface area (TPSA) is 92.8 Å². The highest BCUT2D eigenvalue weighted by Gasteiger charge is 2.38. The predicted molar refractivity (Wildman–Crippen MR) is 89.9 cm³/mol. The maximum Gasteiger partial charge on any atom is 0.324 e. The number of urea groups is 1. The van der Waals surface area contributed by atoms with E-state index in [1.807, 2.05) is 0 Å². The molecule has 1 aliphatic heterocycles. The van der Waals surface area contributed by atoms with Crippen LogP contribution < -0.4 is 10.1 Å². The fourth-order valence-corrected chi connectivity index (χ4v) is 3.17. The molecule has 7 nitrogen and oxygen atoms in total. The van der Waals surface area contributed by atoms with Gasteiger partial charge in [-0.15, -0.1) is 0 Å². The van der Waals surface area contributed by atoms with Crippen LogP contribution in [0, 0.1) is 0 Å². The summed E-state index contributed by atoms with van der Waals surface area (Å²) in [4.78, 5) is 25.2. The molecule has 132 valence electrons. The quantitative estimate of drug-likeness (QED) is 0.729. The van der Waals surface area contributed by atoms with Gasteiger partial charge in [-0.25, -0.2) is 13.2 Å². The van der Waals surface area contributed by atoms with Crippen molar-refractivity contribution in [2.45, 2.75) is 25.5 Å². The second-order valence-corrected chi connectivity index (χ2v) is 8.40. The molecule has 9 heteroatoms. The van der Waals surface area contributed by atoms with Crippen LogP contribution in [0.15, 0.2) is 24.3 Å². The molecule has 1 aromatic carbocycles. The maximum atomic E-state index is 12.3. The van der Waals surface area contributed by atoms with Crippen LogP contribution in [0.25, 0.3) is 0 Å². The van der Waals surface area contributed by atoms with Crippen LogP contribution >= 0.6 is 11.6 Å². The Morgan fingerprint density at radius 1 is 1.33 bits per heavy atom. The monoisotopic (exact) mass is 374 g/mol. The number of amides is 3. The van der Waals surface area contributed by atoms with E-state index >= 15 is 0 Å². The van der Waals surface area contributed by atoms with Crippen molar-refractivity contribution in [1.29, 1.82) is 0 Å². The summed E-state index contributed by atoms with van der Waals surface area (Å²) in [7, 11) is -3.20. The van der Waals surface area contributed by atoms with E-state index in [2.05, 4.69) is 5.32 Å². The first-order chi connectivity index (χ1) is 11.2. The molecule has 1 aliphatic rings. The molecule has 0 spiro atoms. The van der Waals surface area contributed by atoms with E-state index in [4.69, 9.17) is 16.3 Å². The van der Waals surface area contributed by atoms with Crippen LogP contribution in [-0.4, -0.2) is 56.0 Å². The molecule has 1 N–H and O–H groups in total. The predicted octanol–water partition coefficient (Wildman–Crippen LogP) is 1.46. The molecule has 3 amide bonds. The van der Waals surface area contributed by atoms with Crippen LogP contribution in [0.4, 0.5) is 4.79 Å². The van der Waals surface area contributed by atoms with Crippen molar-refractivity contribution in [3.63, 3.8) is 0 Å². The van der Waals surface area contributed by atoms with Crippen molar-refractivity contribution in [1.82, 2.24) is 10.2 Å². The summed E-state index contributed by atoms with van der Waals surface area (Å²) in [6, 6.07) is 5.54. The summed E-state index contributed by atoms with van der Waals surface area (Å²) in [5.74, 6) is -0.144. The van der Waals surface area contributed by atoms with Crippen LogP contribution in [-0.2, 0) is 14.6 Å². The van der Waals surface area contributed by atoms with Crippen LogP contribution in [0.5, 0.6) is 5.75 Å². The first kappa shape index (κ1) is 18.5. The number of halogens is 1. The Bertz CT molecular complexity index is 737. The van der Waals surface area contributed by atoms with Gasteiger partial charge in [-0.1, -0.05) is 23.7 Å². The van der Waals surface area contributed by atoms with Gasteiger partial charge in [0.05, 0.1) is 17.3 Å². The van der Waals surface area contributed by atoms with E-state index in [0.717, 1.165) is 11.2 Å². The SMILES string of the molecule is C[C@@H](CN1C(=O)N[C@H](CCS(C)(=O)=O)C1=O)Oc1ccccc1Cl.